The van der Waals surface area contributed by atoms with Crippen molar-refractivity contribution in [1.82, 2.24) is 19.5 Å². The molecule has 0 spiro atoms. The van der Waals surface area contributed by atoms with Gasteiger partial charge in [0, 0.05) is 12.1 Å². The Morgan fingerprint density at radius 2 is 1.89 bits per heavy atom. The van der Waals surface area contributed by atoms with E-state index < -0.39 is 0 Å². The van der Waals surface area contributed by atoms with E-state index in [2.05, 4.69) is 15.0 Å². The van der Waals surface area contributed by atoms with Crippen molar-refractivity contribution in [2.75, 3.05) is 12.8 Å². The van der Waals surface area contributed by atoms with Crippen molar-refractivity contribution in [3.05, 3.63) is 82.7 Å². The second kappa shape index (κ2) is 6.87. The minimum atomic E-state index is -0.263. The van der Waals surface area contributed by atoms with E-state index in [4.69, 9.17) is 10.5 Å². The van der Waals surface area contributed by atoms with Crippen LogP contribution in [0.1, 0.15) is 11.4 Å². The van der Waals surface area contributed by atoms with Gasteiger partial charge in [0.15, 0.2) is 5.65 Å². The molecule has 2 heterocycles. The van der Waals surface area contributed by atoms with E-state index in [1.165, 1.54) is 10.8 Å². The van der Waals surface area contributed by atoms with Gasteiger partial charge in [-0.3, -0.25) is 9.36 Å². The molecule has 4 aromatic rings. The molecule has 2 aromatic carbocycles. The molecule has 0 saturated carbocycles. The van der Waals surface area contributed by atoms with Crippen LogP contribution < -0.4 is 16.0 Å². The summed E-state index contributed by atoms with van der Waals surface area (Å²) in [6, 6.07) is 14.8. The number of ether oxygens (including phenoxy) is 1. The van der Waals surface area contributed by atoms with E-state index in [0.29, 0.717) is 40.5 Å². The second-order valence-electron chi connectivity index (χ2n) is 6.05. The fraction of sp³-hybridized carbons (Fsp3) is 0.100. The number of hydrogen-bond acceptors (Lipinski definition) is 6. The Morgan fingerprint density at radius 1 is 1.07 bits per heavy atom. The van der Waals surface area contributed by atoms with Crippen LogP contribution in [0.5, 0.6) is 5.75 Å². The fourth-order valence-corrected chi connectivity index (χ4v) is 2.90. The van der Waals surface area contributed by atoms with Gasteiger partial charge in [0.05, 0.1) is 25.2 Å². The summed E-state index contributed by atoms with van der Waals surface area (Å²) in [7, 11) is 1.60. The molecule has 0 aliphatic heterocycles. The normalized spacial score (nSPS) is 10.9. The molecular weight excluding hydrogens is 342 g/mol. The first kappa shape index (κ1) is 16.7. The zero-order valence-electron chi connectivity index (χ0n) is 14.7. The van der Waals surface area contributed by atoms with Crippen LogP contribution >= 0.6 is 0 Å². The molecule has 2 aromatic heterocycles. The number of benzene rings is 2. The highest BCUT2D eigenvalue weighted by Crippen LogP contribution is 2.17. The maximum atomic E-state index is 12.5. The Balaban J connectivity index is 1.82. The van der Waals surface area contributed by atoms with Gasteiger partial charge in [0.1, 0.15) is 17.1 Å². The van der Waals surface area contributed by atoms with Gasteiger partial charge in [-0.15, -0.1) is 0 Å². The molecule has 7 nitrogen and oxygen atoms in total. The Labute approximate surface area is 155 Å². The third-order valence-electron chi connectivity index (χ3n) is 4.19. The van der Waals surface area contributed by atoms with Crippen LogP contribution in [-0.2, 0) is 6.42 Å². The van der Waals surface area contributed by atoms with Gasteiger partial charge in [-0.25, -0.2) is 15.0 Å². The molecule has 0 aliphatic carbocycles. The van der Waals surface area contributed by atoms with Crippen LogP contribution in [-0.4, -0.2) is 26.6 Å². The van der Waals surface area contributed by atoms with Crippen molar-refractivity contribution in [1.29, 1.82) is 0 Å². The van der Waals surface area contributed by atoms with Gasteiger partial charge in [-0.1, -0.05) is 12.1 Å². The van der Waals surface area contributed by atoms with Crippen molar-refractivity contribution < 1.29 is 4.74 Å². The SMILES string of the molecule is COc1ccc(-n2c(=O)cnc3cnc(Cc4cccc(N)c4)nc32)cc1. The Kier molecular flexibility index (Phi) is 4.25. The van der Waals surface area contributed by atoms with Gasteiger partial charge in [-0.2, -0.15) is 0 Å². The van der Waals surface area contributed by atoms with Gasteiger partial charge in [0.25, 0.3) is 5.56 Å². The summed E-state index contributed by atoms with van der Waals surface area (Å²) >= 11 is 0. The number of methoxy groups -OCH3 is 1. The first-order chi connectivity index (χ1) is 13.1. The number of fused-ring (bicyclic) bond motifs is 1. The van der Waals surface area contributed by atoms with Crippen LogP contribution in [0.15, 0.2) is 65.7 Å². The molecule has 0 aliphatic rings. The second-order valence-corrected chi connectivity index (χ2v) is 6.05. The molecule has 0 amide bonds. The zero-order chi connectivity index (χ0) is 18.8. The van der Waals surface area contributed by atoms with Crippen LogP contribution in [0, 0.1) is 0 Å². The molecule has 0 saturated heterocycles. The van der Waals surface area contributed by atoms with E-state index in [1.807, 2.05) is 24.3 Å². The molecule has 0 atom stereocenters. The molecule has 0 bridgehead atoms. The first-order valence-corrected chi connectivity index (χ1v) is 8.36. The molecule has 0 unspecified atom stereocenters. The number of nitrogen functional groups attached to an aromatic ring is 1. The quantitative estimate of drug-likeness (QED) is 0.562. The molecule has 7 heteroatoms. The van der Waals surface area contributed by atoms with Crippen molar-refractivity contribution >= 4 is 16.9 Å². The highest BCUT2D eigenvalue weighted by atomic mass is 16.5. The lowest BCUT2D eigenvalue weighted by Crippen LogP contribution is -2.20. The molecular formula is C20H17N5O2. The van der Waals surface area contributed by atoms with E-state index >= 15 is 0 Å². The number of nitrogens with two attached hydrogens (primary N) is 1. The van der Waals surface area contributed by atoms with Crippen molar-refractivity contribution in [2.45, 2.75) is 6.42 Å². The minimum Gasteiger partial charge on any atom is -0.497 e. The number of rotatable bonds is 4. The predicted octanol–water partition coefficient (Wildman–Crippen LogP) is 2.36. The van der Waals surface area contributed by atoms with Gasteiger partial charge < -0.3 is 10.5 Å². The highest BCUT2D eigenvalue weighted by molar-refractivity contribution is 5.71. The lowest BCUT2D eigenvalue weighted by molar-refractivity contribution is 0.414. The van der Waals surface area contributed by atoms with Gasteiger partial charge in [-0.05, 0) is 42.0 Å². The summed E-state index contributed by atoms with van der Waals surface area (Å²) < 4.78 is 6.70. The average molecular weight is 359 g/mol. The zero-order valence-corrected chi connectivity index (χ0v) is 14.7. The van der Waals surface area contributed by atoms with E-state index in [9.17, 15) is 4.79 Å². The predicted molar refractivity (Wildman–Crippen MR) is 103 cm³/mol. The highest BCUT2D eigenvalue weighted by Gasteiger charge is 2.11. The van der Waals surface area contributed by atoms with Crippen molar-refractivity contribution in [3.8, 4) is 11.4 Å². The third kappa shape index (κ3) is 3.35. The third-order valence-corrected chi connectivity index (χ3v) is 4.19. The summed E-state index contributed by atoms with van der Waals surface area (Å²) in [6.45, 7) is 0. The minimum absolute atomic E-state index is 0.263. The van der Waals surface area contributed by atoms with Crippen LogP contribution in [0.3, 0.4) is 0 Å². The molecule has 27 heavy (non-hydrogen) atoms. The van der Waals surface area contributed by atoms with Gasteiger partial charge >= 0.3 is 0 Å². The molecule has 4 rings (SSSR count). The van der Waals surface area contributed by atoms with E-state index in [0.717, 1.165) is 5.56 Å². The Bertz CT molecular complexity index is 1170. The smallest absolute Gasteiger partial charge is 0.275 e. The maximum absolute atomic E-state index is 12.5. The maximum Gasteiger partial charge on any atom is 0.275 e. The van der Waals surface area contributed by atoms with Crippen LogP contribution in [0.25, 0.3) is 16.9 Å². The lowest BCUT2D eigenvalue weighted by atomic mass is 10.1. The Hall–Kier alpha value is -3.74. The summed E-state index contributed by atoms with van der Waals surface area (Å²) in [5.41, 5.74) is 8.94. The van der Waals surface area contributed by atoms with E-state index in [-0.39, 0.29) is 5.56 Å². The van der Waals surface area contributed by atoms with Crippen LogP contribution in [0.4, 0.5) is 5.69 Å². The van der Waals surface area contributed by atoms with Crippen molar-refractivity contribution in [2.24, 2.45) is 0 Å². The van der Waals surface area contributed by atoms with E-state index in [1.54, 1.807) is 37.6 Å². The van der Waals surface area contributed by atoms with Crippen LogP contribution in [0.2, 0.25) is 0 Å². The van der Waals surface area contributed by atoms with Gasteiger partial charge in [0.2, 0.25) is 0 Å². The number of hydrogen-bond donors (Lipinski definition) is 1. The number of aromatic nitrogens is 4. The molecule has 2 N–H and O–H groups in total. The lowest BCUT2D eigenvalue weighted by Gasteiger charge is -2.10. The summed E-state index contributed by atoms with van der Waals surface area (Å²) in [5, 5.41) is 0. The topological polar surface area (TPSA) is 95.9 Å². The fourth-order valence-electron chi connectivity index (χ4n) is 2.90. The number of anilines is 1. The summed E-state index contributed by atoms with van der Waals surface area (Å²) in [5.74, 6) is 1.30. The monoisotopic (exact) mass is 359 g/mol. The molecule has 0 radical (unpaired) electrons. The first-order valence-electron chi connectivity index (χ1n) is 8.36. The molecule has 134 valence electrons. The Morgan fingerprint density at radius 3 is 2.63 bits per heavy atom. The largest absolute Gasteiger partial charge is 0.497 e. The molecule has 0 fully saturated rings. The summed E-state index contributed by atoms with van der Waals surface area (Å²) in [6.07, 6.45) is 3.41. The average Bonchev–Trinajstić information content (AvgIpc) is 2.68. The standard InChI is InChI=1S/C20H17N5O2/c1-27-16-7-5-15(6-8-16)25-19(26)12-22-17-11-23-18(24-20(17)25)10-13-3-2-4-14(21)9-13/h2-9,11-12H,10,21H2,1H3. The van der Waals surface area contributed by atoms with Crippen molar-refractivity contribution in [3.63, 3.8) is 0 Å². The summed E-state index contributed by atoms with van der Waals surface area (Å²) in [4.78, 5) is 25.6. The number of nitrogens with zero attached hydrogens (tertiary/aromatic N) is 4.